The third-order valence-corrected chi connectivity index (χ3v) is 3.60. The van der Waals surface area contributed by atoms with Gasteiger partial charge in [0.05, 0.1) is 0 Å². The van der Waals surface area contributed by atoms with E-state index >= 15 is 0 Å². The molecule has 98 valence electrons. The smallest absolute Gasteiger partial charge is 0.251 e. The molecule has 1 aromatic carbocycles. The van der Waals surface area contributed by atoms with Gasteiger partial charge in [0.1, 0.15) is 0 Å². The predicted molar refractivity (Wildman–Crippen MR) is 74.0 cm³/mol. The second-order valence-electron chi connectivity index (χ2n) is 4.80. The molecule has 0 atom stereocenters. The first-order chi connectivity index (χ1) is 8.70. The molecule has 1 aliphatic rings. The van der Waals surface area contributed by atoms with Crippen LogP contribution in [-0.2, 0) is 5.88 Å². The van der Waals surface area contributed by atoms with Crippen molar-refractivity contribution in [3.8, 4) is 0 Å². The predicted octanol–water partition coefficient (Wildman–Crippen LogP) is 2.25. The van der Waals surface area contributed by atoms with Crippen LogP contribution in [0, 0.1) is 0 Å². The number of carbonyl (C=O) groups is 1. The molecular weight excluding hydrogens is 248 g/mol. The average Bonchev–Trinajstić information content (AvgIpc) is 3.23. The molecule has 0 spiro atoms. The number of halogens is 1. The van der Waals surface area contributed by atoms with Crippen molar-refractivity contribution in [2.24, 2.45) is 0 Å². The van der Waals surface area contributed by atoms with Crippen LogP contribution in [0.3, 0.4) is 0 Å². The van der Waals surface area contributed by atoms with Gasteiger partial charge in [-0.1, -0.05) is 12.1 Å². The lowest BCUT2D eigenvalue weighted by molar-refractivity contribution is 0.0949. The molecule has 0 unspecified atom stereocenters. The molecule has 1 fully saturated rings. The number of carbonyl (C=O) groups excluding carboxylic acids is 1. The summed E-state index contributed by atoms with van der Waals surface area (Å²) in [7, 11) is 2.11. The summed E-state index contributed by atoms with van der Waals surface area (Å²) >= 11 is 5.71. The van der Waals surface area contributed by atoms with E-state index < -0.39 is 0 Å². The van der Waals surface area contributed by atoms with Crippen LogP contribution < -0.4 is 5.32 Å². The maximum Gasteiger partial charge on any atom is 0.251 e. The van der Waals surface area contributed by atoms with E-state index in [1.165, 1.54) is 12.8 Å². The van der Waals surface area contributed by atoms with Crippen molar-refractivity contribution in [3.05, 3.63) is 35.4 Å². The Morgan fingerprint density at radius 3 is 2.61 bits per heavy atom. The van der Waals surface area contributed by atoms with Gasteiger partial charge in [0.2, 0.25) is 0 Å². The van der Waals surface area contributed by atoms with Crippen LogP contribution in [0.1, 0.15) is 28.8 Å². The van der Waals surface area contributed by atoms with Crippen molar-refractivity contribution in [1.82, 2.24) is 10.2 Å². The molecule has 0 bridgehead atoms. The Balaban J connectivity index is 1.75. The number of hydrogen-bond acceptors (Lipinski definition) is 2. The van der Waals surface area contributed by atoms with Gasteiger partial charge in [0, 0.05) is 30.6 Å². The highest BCUT2D eigenvalue weighted by Crippen LogP contribution is 2.24. The molecule has 18 heavy (non-hydrogen) atoms. The van der Waals surface area contributed by atoms with Crippen molar-refractivity contribution in [1.29, 1.82) is 0 Å². The number of nitrogens with zero attached hydrogens (tertiary/aromatic N) is 1. The summed E-state index contributed by atoms with van der Waals surface area (Å²) in [6.07, 6.45) is 2.59. The number of benzene rings is 1. The maximum atomic E-state index is 11.8. The minimum Gasteiger partial charge on any atom is -0.351 e. The SMILES string of the molecule is CN(CCNC(=O)c1ccc(CCl)cc1)C1CC1. The highest BCUT2D eigenvalue weighted by atomic mass is 35.5. The molecule has 0 radical (unpaired) electrons. The maximum absolute atomic E-state index is 11.8. The largest absolute Gasteiger partial charge is 0.351 e. The fourth-order valence-electron chi connectivity index (χ4n) is 1.89. The second kappa shape index (κ2) is 6.21. The molecule has 3 nitrogen and oxygen atoms in total. The molecule has 2 rings (SSSR count). The summed E-state index contributed by atoms with van der Waals surface area (Å²) in [6.45, 7) is 1.61. The summed E-state index contributed by atoms with van der Waals surface area (Å²) in [6, 6.07) is 8.15. The first kappa shape index (κ1) is 13.4. The van der Waals surface area contributed by atoms with Crippen LogP contribution in [0.15, 0.2) is 24.3 Å². The quantitative estimate of drug-likeness (QED) is 0.801. The zero-order chi connectivity index (χ0) is 13.0. The van der Waals surface area contributed by atoms with Gasteiger partial charge in [-0.15, -0.1) is 11.6 Å². The van der Waals surface area contributed by atoms with E-state index in [4.69, 9.17) is 11.6 Å². The molecule has 1 amide bonds. The van der Waals surface area contributed by atoms with Crippen LogP contribution in [0.5, 0.6) is 0 Å². The Morgan fingerprint density at radius 1 is 1.39 bits per heavy atom. The topological polar surface area (TPSA) is 32.3 Å². The van der Waals surface area contributed by atoms with Crippen molar-refractivity contribution in [2.45, 2.75) is 24.8 Å². The molecule has 1 aliphatic carbocycles. The second-order valence-corrected chi connectivity index (χ2v) is 5.07. The zero-order valence-electron chi connectivity index (χ0n) is 10.7. The monoisotopic (exact) mass is 266 g/mol. The van der Waals surface area contributed by atoms with E-state index in [0.29, 0.717) is 18.0 Å². The lowest BCUT2D eigenvalue weighted by Crippen LogP contribution is -2.33. The van der Waals surface area contributed by atoms with E-state index in [9.17, 15) is 4.79 Å². The average molecular weight is 267 g/mol. The number of alkyl halides is 1. The van der Waals surface area contributed by atoms with Crippen molar-refractivity contribution in [3.63, 3.8) is 0 Å². The number of nitrogens with one attached hydrogen (secondary N) is 1. The van der Waals surface area contributed by atoms with Gasteiger partial charge in [-0.25, -0.2) is 0 Å². The molecule has 4 heteroatoms. The molecule has 1 aromatic rings. The first-order valence-electron chi connectivity index (χ1n) is 6.34. The third kappa shape index (κ3) is 3.72. The molecule has 0 aromatic heterocycles. The van der Waals surface area contributed by atoms with Crippen molar-refractivity contribution in [2.75, 3.05) is 20.1 Å². The van der Waals surface area contributed by atoms with Crippen LogP contribution in [0.2, 0.25) is 0 Å². The first-order valence-corrected chi connectivity index (χ1v) is 6.87. The van der Waals surface area contributed by atoms with Crippen LogP contribution in [-0.4, -0.2) is 37.0 Å². The number of rotatable bonds is 6. The zero-order valence-corrected chi connectivity index (χ0v) is 11.4. The number of amides is 1. The van der Waals surface area contributed by atoms with Gasteiger partial charge in [-0.2, -0.15) is 0 Å². The highest BCUT2D eigenvalue weighted by molar-refractivity contribution is 6.17. The van der Waals surface area contributed by atoms with Gasteiger partial charge in [-0.3, -0.25) is 4.79 Å². The molecule has 0 heterocycles. The fraction of sp³-hybridized carbons (Fsp3) is 0.500. The lowest BCUT2D eigenvalue weighted by atomic mass is 10.1. The molecule has 0 saturated heterocycles. The highest BCUT2D eigenvalue weighted by Gasteiger charge is 2.25. The Labute approximate surface area is 113 Å². The van der Waals surface area contributed by atoms with Gasteiger partial charge in [0.15, 0.2) is 0 Å². The molecule has 0 aliphatic heterocycles. The summed E-state index contributed by atoms with van der Waals surface area (Å²) in [4.78, 5) is 14.2. The Kier molecular flexibility index (Phi) is 4.61. The summed E-state index contributed by atoms with van der Waals surface area (Å²) in [5, 5.41) is 2.94. The van der Waals surface area contributed by atoms with Crippen LogP contribution in [0.4, 0.5) is 0 Å². The Hall–Kier alpha value is -1.06. The number of likely N-dealkylation sites (N-methyl/N-ethyl adjacent to an activating group) is 1. The van der Waals surface area contributed by atoms with Gasteiger partial charge >= 0.3 is 0 Å². The third-order valence-electron chi connectivity index (χ3n) is 3.29. The molecular formula is C14H19ClN2O. The Morgan fingerprint density at radius 2 is 2.06 bits per heavy atom. The van der Waals surface area contributed by atoms with E-state index in [-0.39, 0.29) is 5.91 Å². The molecule has 1 N–H and O–H groups in total. The van der Waals surface area contributed by atoms with E-state index in [0.717, 1.165) is 18.2 Å². The summed E-state index contributed by atoms with van der Waals surface area (Å²) in [5.74, 6) is 0.467. The van der Waals surface area contributed by atoms with E-state index in [1.54, 1.807) is 0 Å². The standard InChI is InChI=1S/C14H19ClN2O/c1-17(13-6-7-13)9-8-16-14(18)12-4-2-11(10-15)3-5-12/h2-5,13H,6-10H2,1H3,(H,16,18). The van der Waals surface area contributed by atoms with Crippen molar-refractivity contribution >= 4 is 17.5 Å². The minimum absolute atomic E-state index is 0.0136. The minimum atomic E-state index is -0.0136. The van der Waals surface area contributed by atoms with E-state index in [1.807, 2.05) is 24.3 Å². The van der Waals surface area contributed by atoms with Crippen LogP contribution >= 0.6 is 11.6 Å². The normalized spacial score (nSPS) is 14.8. The summed E-state index contributed by atoms with van der Waals surface area (Å²) in [5.41, 5.74) is 1.72. The lowest BCUT2D eigenvalue weighted by Gasteiger charge is -2.15. The molecule has 1 saturated carbocycles. The van der Waals surface area contributed by atoms with Crippen LogP contribution in [0.25, 0.3) is 0 Å². The van der Waals surface area contributed by atoms with Gasteiger partial charge in [-0.05, 0) is 37.6 Å². The van der Waals surface area contributed by atoms with Gasteiger partial charge in [0.25, 0.3) is 5.91 Å². The van der Waals surface area contributed by atoms with Crippen molar-refractivity contribution < 1.29 is 4.79 Å². The fourth-order valence-corrected chi connectivity index (χ4v) is 2.07. The Bertz CT molecular complexity index is 401. The van der Waals surface area contributed by atoms with Gasteiger partial charge < -0.3 is 10.2 Å². The number of hydrogen-bond donors (Lipinski definition) is 1. The summed E-state index contributed by atoms with van der Waals surface area (Å²) < 4.78 is 0. The van der Waals surface area contributed by atoms with E-state index in [2.05, 4.69) is 17.3 Å².